The minimum absolute atomic E-state index is 0.0315. The van der Waals surface area contributed by atoms with Gasteiger partial charge in [-0.15, -0.1) is 11.3 Å². The van der Waals surface area contributed by atoms with Gasteiger partial charge in [0.05, 0.1) is 20.1 Å². The van der Waals surface area contributed by atoms with E-state index in [2.05, 4.69) is 35.8 Å². The van der Waals surface area contributed by atoms with Crippen molar-refractivity contribution in [2.75, 3.05) is 19.6 Å². The number of thiazole rings is 1. The molecule has 0 aliphatic carbocycles. The van der Waals surface area contributed by atoms with Crippen molar-refractivity contribution in [2.45, 2.75) is 43.9 Å². The molecule has 24 heavy (non-hydrogen) atoms. The zero-order chi connectivity index (χ0) is 17.4. The lowest BCUT2D eigenvalue weighted by atomic mass is 9.98. The molecular formula is C17H25N3O2S2. The van der Waals surface area contributed by atoms with Crippen molar-refractivity contribution in [1.29, 1.82) is 0 Å². The quantitative estimate of drug-likeness (QED) is 0.852. The molecule has 1 unspecified atom stereocenters. The van der Waals surface area contributed by atoms with Crippen molar-refractivity contribution in [3.8, 4) is 0 Å². The summed E-state index contributed by atoms with van der Waals surface area (Å²) in [5.74, 6) is 0.575. The molecular weight excluding hydrogens is 342 g/mol. The molecule has 1 saturated heterocycles. The number of nitrogens with zero attached hydrogens (tertiary/aromatic N) is 1. The monoisotopic (exact) mass is 367 g/mol. The smallest absolute Gasteiger partial charge is 0.240 e. The molecule has 1 aliphatic rings. The third kappa shape index (κ3) is 3.96. The molecule has 1 aliphatic heterocycles. The van der Waals surface area contributed by atoms with E-state index in [1.807, 2.05) is 0 Å². The number of aromatic nitrogens is 1. The molecule has 2 aromatic rings. The molecule has 1 aromatic heterocycles. The Bertz CT molecular complexity index is 816. The second-order valence-corrected chi connectivity index (χ2v) is 10.2. The first-order chi connectivity index (χ1) is 11.3. The van der Waals surface area contributed by atoms with E-state index in [0.29, 0.717) is 17.4 Å². The van der Waals surface area contributed by atoms with Crippen LogP contribution in [0.1, 0.15) is 38.6 Å². The topological polar surface area (TPSA) is 71.1 Å². The average Bonchev–Trinajstić information content (AvgIpc) is 3.14. The normalized spacial score (nSPS) is 19.2. The predicted octanol–water partition coefficient (Wildman–Crippen LogP) is 2.87. The van der Waals surface area contributed by atoms with Gasteiger partial charge >= 0.3 is 0 Å². The predicted molar refractivity (Wildman–Crippen MR) is 99.1 cm³/mol. The Morgan fingerprint density at radius 3 is 2.83 bits per heavy atom. The fourth-order valence-corrected chi connectivity index (χ4v) is 5.05. The SMILES string of the molecule is CC(C)(C)c1nc2ccc(S(=O)(=O)NCCC3CCNC3)cc2s1. The van der Waals surface area contributed by atoms with Gasteiger partial charge in [0.2, 0.25) is 10.0 Å². The summed E-state index contributed by atoms with van der Waals surface area (Å²) in [6.07, 6.45) is 2.01. The van der Waals surface area contributed by atoms with Gasteiger partial charge < -0.3 is 5.32 Å². The van der Waals surface area contributed by atoms with Crippen LogP contribution in [0.25, 0.3) is 10.2 Å². The Labute approximate surface area is 147 Å². The molecule has 132 valence electrons. The molecule has 2 heterocycles. The van der Waals surface area contributed by atoms with Crippen molar-refractivity contribution >= 4 is 31.6 Å². The summed E-state index contributed by atoms with van der Waals surface area (Å²) in [4.78, 5) is 4.94. The van der Waals surface area contributed by atoms with E-state index >= 15 is 0 Å². The summed E-state index contributed by atoms with van der Waals surface area (Å²) < 4.78 is 28.7. The molecule has 0 saturated carbocycles. The van der Waals surface area contributed by atoms with Gasteiger partial charge in [-0.3, -0.25) is 0 Å². The summed E-state index contributed by atoms with van der Waals surface area (Å²) in [6.45, 7) is 8.85. The minimum atomic E-state index is -3.46. The van der Waals surface area contributed by atoms with Gasteiger partial charge in [-0.1, -0.05) is 20.8 Å². The number of benzene rings is 1. The minimum Gasteiger partial charge on any atom is -0.316 e. The van der Waals surface area contributed by atoms with Crippen LogP contribution in [0.3, 0.4) is 0 Å². The summed E-state index contributed by atoms with van der Waals surface area (Å²) in [5, 5.41) is 4.33. The van der Waals surface area contributed by atoms with Crippen LogP contribution in [0.2, 0.25) is 0 Å². The van der Waals surface area contributed by atoms with Crippen molar-refractivity contribution in [3.63, 3.8) is 0 Å². The molecule has 0 spiro atoms. The van der Waals surface area contributed by atoms with Crippen LogP contribution in [0.4, 0.5) is 0 Å². The van der Waals surface area contributed by atoms with Crippen molar-refractivity contribution < 1.29 is 8.42 Å². The highest BCUT2D eigenvalue weighted by Gasteiger charge is 2.21. The van der Waals surface area contributed by atoms with Crippen LogP contribution >= 0.6 is 11.3 Å². The first-order valence-electron chi connectivity index (χ1n) is 8.37. The largest absolute Gasteiger partial charge is 0.316 e. The van der Waals surface area contributed by atoms with E-state index in [1.165, 1.54) is 0 Å². The van der Waals surface area contributed by atoms with Gasteiger partial charge in [0.15, 0.2) is 0 Å². The zero-order valence-corrected chi connectivity index (χ0v) is 16.1. The number of sulfonamides is 1. The molecule has 1 aromatic carbocycles. The number of nitrogens with one attached hydrogen (secondary N) is 2. The average molecular weight is 368 g/mol. The summed E-state index contributed by atoms with van der Waals surface area (Å²) in [6, 6.07) is 5.19. The third-order valence-electron chi connectivity index (χ3n) is 4.32. The second kappa shape index (κ2) is 6.71. The van der Waals surface area contributed by atoms with E-state index in [0.717, 1.165) is 41.2 Å². The van der Waals surface area contributed by atoms with Gasteiger partial charge in [-0.25, -0.2) is 18.1 Å². The Balaban J connectivity index is 1.74. The maximum Gasteiger partial charge on any atom is 0.240 e. The van der Waals surface area contributed by atoms with Crippen molar-refractivity contribution in [2.24, 2.45) is 5.92 Å². The number of rotatable bonds is 5. The lowest BCUT2D eigenvalue weighted by molar-refractivity contribution is 0.519. The van der Waals surface area contributed by atoms with Crippen molar-refractivity contribution in [3.05, 3.63) is 23.2 Å². The second-order valence-electron chi connectivity index (χ2n) is 7.44. The van der Waals surface area contributed by atoms with Gasteiger partial charge in [0.25, 0.3) is 0 Å². The zero-order valence-electron chi connectivity index (χ0n) is 14.4. The molecule has 0 bridgehead atoms. The molecule has 5 nitrogen and oxygen atoms in total. The highest BCUT2D eigenvalue weighted by atomic mass is 32.2. The van der Waals surface area contributed by atoms with Crippen LogP contribution < -0.4 is 10.0 Å². The van der Waals surface area contributed by atoms with Crippen LogP contribution in [0.5, 0.6) is 0 Å². The van der Waals surface area contributed by atoms with Crippen LogP contribution in [-0.2, 0) is 15.4 Å². The lowest BCUT2D eigenvalue weighted by Crippen LogP contribution is -2.26. The Kier molecular flexibility index (Phi) is 4.97. The van der Waals surface area contributed by atoms with Gasteiger partial charge in [-0.05, 0) is 50.0 Å². The number of fused-ring (bicyclic) bond motifs is 1. The fourth-order valence-electron chi connectivity index (χ4n) is 2.83. The maximum atomic E-state index is 12.5. The maximum absolute atomic E-state index is 12.5. The van der Waals surface area contributed by atoms with E-state index in [1.54, 1.807) is 29.5 Å². The summed E-state index contributed by atoms with van der Waals surface area (Å²) in [5.41, 5.74) is 0.830. The molecule has 1 fully saturated rings. The van der Waals surface area contributed by atoms with E-state index < -0.39 is 10.0 Å². The molecule has 2 N–H and O–H groups in total. The lowest BCUT2D eigenvalue weighted by Gasteiger charge is -2.13. The summed E-state index contributed by atoms with van der Waals surface area (Å²) in [7, 11) is -3.46. The van der Waals surface area contributed by atoms with Gasteiger partial charge in [0.1, 0.15) is 0 Å². The first kappa shape index (κ1) is 17.8. The Morgan fingerprint density at radius 1 is 1.38 bits per heavy atom. The van der Waals surface area contributed by atoms with Crippen LogP contribution in [0.15, 0.2) is 23.1 Å². The van der Waals surface area contributed by atoms with Crippen LogP contribution in [0, 0.1) is 5.92 Å². The number of hydrogen-bond acceptors (Lipinski definition) is 5. The molecule has 3 rings (SSSR count). The molecule has 7 heteroatoms. The standard InChI is InChI=1S/C17H25N3O2S2/c1-17(2,3)16-20-14-5-4-13(10-15(14)23-16)24(21,22)19-9-7-12-6-8-18-11-12/h4-5,10,12,18-19H,6-9,11H2,1-3H3. The molecule has 1 atom stereocenters. The fraction of sp³-hybridized carbons (Fsp3) is 0.588. The first-order valence-corrected chi connectivity index (χ1v) is 10.7. The number of hydrogen-bond donors (Lipinski definition) is 2. The van der Waals surface area contributed by atoms with E-state index in [9.17, 15) is 8.42 Å². The van der Waals surface area contributed by atoms with Crippen LogP contribution in [-0.4, -0.2) is 33.0 Å². The Morgan fingerprint density at radius 2 is 2.17 bits per heavy atom. The molecule has 0 radical (unpaired) electrons. The Hall–Kier alpha value is -1.02. The van der Waals surface area contributed by atoms with E-state index in [-0.39, 0.29) is 5.41 Å². The summed E-state index contributed by atoms with van der Waals surface area (Å²) >= 11 is 1.57. The van der Waals surface area contributed by atoms with Crippen molar-refractivity contribution in [1.82, 2.24) is 15.0 Å². The van der Waals surface area contributed by atoms with Gasteiger partial charge in [-0.2, -0.15) is 0 Å². The molecule has 0 amide bonds. The van der Waals surface area contributed by atoms with E-state index in [4.69, 9.17) is 0 Å². The highest BCUT2D eigenvalue weighted by molar-refractivity contribution is 7.89. The third-order valence-corrected chi connectivity index (χ3v) is 7.22. The van der Waals surface area contributed by atoms with Gasteiger partial charge in [0, 0.05) is 12.0 Å². The highest BCUT2D eigenvalue weighted by Crippen LogP contribution is 2.32.